The summed E-state index contributed by atoms with van der Waals surface area (Å²) in [4.78, 5) is 36.0. The Morgan fingerprint density at radius 1 is 1.15 bits per heavy atom. The van der Waals surface area contributed by atoms with E-state index in [1.165, 1.54) is 0 Å². The zero-order valence-corrected chi connectivity index (χ0v) is 15.0. The quantitative estimate of drug-likeness (QED) is 0.564. The maximum atomic E-state index is 12.4. The molecule has 1 amide bonds. The van der Waals surface area contributed by atoms with Crippen LogP contribution in [-0.4, -0.2) is 44.9 Å². The Kier molecular flexibility index (Phi) is 7.15. The van der Waals surface area contributed by atoms with Gasteiger partial charge in [0.15, 0.2) is 12.4 Å². The maximum absolute atomic E-state index is 12.4. The summed E-state index contributed by atoms with van der Waals surface area (Å²) in [6, 6.07) is 7.86. The van der Waals surface area contributed by atoms with E-state index in [1.54, 1.807) is 36.0 Å². The van der Waals surface area contributed by atoms with Crippen molar-refractivity contribution in [2.75, 3.05) is 23.5 Å². The molecule has 2 aromatic rings. The molecule has 0 aliphatic heterocycles. The van der Waals surface area contributed by atoms with Gasteiger partial charge in [0.25, 0.3) is 5.91 Å². The summed E-state index contributed by atoms with van der Waals surface area (Å²) >= 11 is 1.56. The number of carbonyl (C=O) groups is 2. The average Bonchev–Trinajstić information content (AvgIpc) is 2.63. The highest BCUT2D eigenvalue weighted by Crippen LogP contribution is 2.07. The second-order valence-corrected chi connectivity index (χ2v) is 6.23. The molecule has 9 nitrogen and oxygen atoms in total. The number of nitrogens with one attached hydrogen (secondary N) is 1. The number of rotatable bonds is 8. The predicted molar refractivity (Wildman–Crippen MR) is 99.1 cm³/mol. The van der Waals surface area contributed by atoms with E-state index in [9.17, 15) is 9.59 Å². The van der Waals surface area contributed by atoms with Crippen LogP contribution in [0.25, 0.3) is 0 Å². The van der Waals surface area contributed by atoms with Crippen LogP contribution in [0.15, 0.2) is 30.3 Å². The van der Waals surface area contributed by atoms with Gasteiger partial charge in [-0.25, -0.2) is 4.79 Å². The third-order valence-electron chi connectivity index (χ3n) is 3.30. The molecule has 0 unspecified atom stereocenters. The van der Waals surface area contributed by atoms with E-state index in [0.29, 0.717) is 17.7 Å². The van der Waals surface area contributed by atoms with Crippen LogP contribution in [0.5, 0.6) is 0 Å². The van der Waals surface area contributed by atoms with Crippen LogP contribution >= 0.6 is 11.8 Å². The molecule has 0 bridgehead atoms. The molecular formula is C16H20N6O3S. The molecule has 0 aliphatic carbocycles. The van der Waals surface area contributed by atoms with Crippen molar-refractivity contribution in [2.24, 2.45) is 0 Å². The van der Waals surface area contributed by atoms with Gasteiger partial charge in [-0.15, -0.1) is 0 Å². The van der Waals surface area contributed by atoms with Crippen molar-refractivity contribution in [2.45, 2.75) is 19.1 Å². The summed E-state index contributed by atoms with van der Waals surface area (Å²) in [5, 5.41) is 2.70. The van der Waals surface area contributed by atoms with Gasteiger partial charge in [-0.3, -0.25) is 4.79 Å². The van der Waals surface area contributed by atoms with E-state index in [-0.39, 0.29) is 30.2 Å². The summed E-state index contributed by atoms with van der Waals surface area (Å²) in [6.07, 6.45) is 2.35. The van der Waals surface area contributed by atoms with Gasteiger partial charge in [0.2, 0.25) is 11.9 Å². The van der Waals surface area contributed by atoms with Gasteiger partial charge < -0.3 is 21.5 Å². The number of benzene rings is 1. The topological polar surface area (TPSA) is 146 Å². The summed E-state index contributed by atoms with van der Waals surface area (Å²) in [6.45, 7) is -0.216. The van der Waals surface area contributed by atoms with E-state index in [1.807, 2.05) is 12.3 Å². The number of nitrogens with zero attached hydrogens (tertiary/aromatic N) is 3. The molecule has 5 N–H and O–H groups in total. The van der Waals surface area contributed by atoms with Gasteiger partial charge >= 0.3 is 5.97 Å². The van der Waals surface area contributed by atoms with E-state index in [0.717, 1.165) is 0 Å². The van der Waals surface area contributed by atoms with Crippen LogP contribution in [-0.2, 0) is 16.1 Å². The minimum atomic E-state index is -0.785. The van der Waals surface area contributed by atoms with Crippen molar-refractivity contribution in [1.29, 1.82) is 0 Å². The van der Waals surface area contributed by atoms with Gasteiger partial charge in [-0.2, -0.15) is 26.7 Å². The van der Waals surface area contributed by atoms with E-state index < -0.39 is 12.0 Å². The SMILES string of the molecule is CSCC[C@H](NC(=O)c1ccccc1)C(=O)OCc1nc(N)nc(N)n1. The smallest absolute Gasteiger partial charge is 0.329 e. The van der Waals surface area contributed by atoms with Crippen LogP contribution in [0.1, 0.15) is 22.6 Å². The molecule has 26 heavy (non-hydrogen) atoms. The molecule has 0 aliphatic rings. The van der Waals surface area contributed by atoms with Gasteiger partial charge in [-0.05, 0) is 30.6 Å². The Morgan fingerprint density at radius 2 is 1.81 bits per heavy atom. The monoisotopic (exact) mass is 376 g/mol. The van der Waals surface area contributed by atoms with E-state index >= 15 is 0 Å². The first kappa shape index (κ1) is 19.4. The lowest BCUT2D eigenvalue weighted by Crippen LogP contribution is -2.42. The van der Waals surface area contributed by atoms with Crippen molar-refractivity contribution in [3.8, 4) is 0 Å². The summed E-state index contributed by atoms with van der Waals surface area (Å²) in [5.41, 5.74) is 11.4. The van der Waals surface area contributed by atoms with Gasteiger partial charge in [-0.1, -0.05) is 18.2 Å². The second-order valence-electron chi connectivity index (χ2n) is 5.25. The Morgan fingerprint density at radius 3 is 2.42 bits per heavy atom. The fraction of sp³-hybridized carbons (Fsp3) is 0.312. The number of aromatic nitrogens is 3. The highest BCUT2D eigenvalue weighted by molar-refractivity contribution is 7.98. The van der Waals surface area contributed by atoms with Crippen molar-refractivity contribution in [3.63, 3.8) is 0 Å². The summed E-state index contributed by atoms with van der Waals surface area (Å²) in [5.74, 6) is -0.218. The standard InChI is InChI=1S/C16H20N6O3S/c1-26-8-7-11(19-13(23)10-5-3-2-4-6-10)14(24)25-9-12-20-15(17)22-16(18)21-12/h2-6,11H,7-9H2,1H3,(H,19,23)(H4,17,18,20,21,22)/t11-/m0/s1. The number of nitrogen functional groups attached to an aromatic ring is 2. The van der Waals surface area contributed by atoms with Crippen molar-refractivity contribution >= 4 is 35.5 Å². The number of amides is 1. The zero-order valence-electron chi connectivity index (χ0n) is 14.2. The first-order valence-corrected chi connectivity index (χ1v) is 9.16. The van der Waals surface area contributed by atoms with Crippen molar-refractivity contribution in [3.05, 3.63) is 41.7 Å². The fourth-order valence-electron chi connectivity index (χ4n) is 2.07. The van der Waals surface area contributed by atoms with Crippen LogP contribution in [0, 0.1) is 0 Å². The second kappa shape index (κ2) is 9.56. The number of carbonyl (C=O) groups excluding carboxylic acids is 2. The molecule has 138 valence electrons. The number of anilines is 2. The molecule has 0 saturated carbocycles. The maximum Gasteiger partial charge on any atom is 0.329 e. The molecule has 2 rings (SSSR count). The Balaban J connectivity index is 2.00. The van der Waals surface area contributed by atoms with Crippen LogP contribution < -0.4 is 16.8 Å². The Bertz CT molecular complexity index is 739. The zero-order chi connectivity index (χ0) is 18.9. The van der Waals surface area contributed by atoms with Gasteiger partial charge in [0, 0.05) is 5.56 Å². The minimum absolute atomic E-state index is 0.0557. The number of hydrogen-bond acceptors (Lipinski definition) is 9. The molecule has 1 atom stereocenters. The van der Waals surface area contributed by atoms with Crippen LogP contribution in [0.2, 0.25) is 0 Å². The number of hydrogen-bond donors (Lipinski definition) is 3. The van der Waals surface area contributed by atoms with E-state index in [2.05, 4.69) is 20.3 Å². The van der Waals surface area contributed by atoms with Crippen molar-refractivity contribution in [1.82, 2.24) is 20.3 Å². The average molecular weight is 376 g/mol. The lowest BCUT2D eigenvalue weighted by molar-refractivity contribution is -0.147. The third kappa shape index (κ3) is 5.88. The molecule has 1 aromatic carbocycles. The molecular weight excluding hydrogens is 356 g/mol. The molecule has 10 heteroatoms. The Hall–Kier alpha value is -2.88. The number of thioether (sulfide) groups is 1. The highest BCUT2D eigenvalue weighted by atomic mass is 32.2. The number of esters is 1. The molecule has 1 aromatic heterocycles. The number of nitrogens with two attached hydrogens (primary N) is 2. The molecule has 0 saturated heterocycles. The number of ether oxygens (including phenoxy) is 1. The normalized spacial score (nSPS) is 11.6. The van der Waals surface area contributed by atoms with Crippen LogP contribution in [0.4, 0.5) is 11.9 Å². The summed E-state index contributed by atoms with van der Waals surface area (Å²) < 4.78 is 5.21. The minimum Gasteiger partial charge on any atom is -0.456 e. The third-order valence-corrected chi connectivity index (χ3v) is 3.94. The highest BCUT2D eigenvalue weighted by Gasteiger charge is 2.23. The lowest BCUT2D eigenvalue weighted by Gasteiger charge is -2.17. The molecule has 1 heterocycles. The lowest BCUT2D eigenvalue weighted by atomic mass is 10.1. The molecule has 0 fully saturated rings. The van der Waals surface area contributed by atoms with Gasteiger partial charge in [0.05, 0.1) is 0 Å². The van der Waals surface area contributed by atoms with Crippen molar-refractivity contribution < 1.29 is 14.3 Å². The largest absolute Gasteiger partial charge is 0.456 e. The van der Waals surface area contributed by atoms with Crippen LogP contribution in [0.3, 0.4) is 0 Å². The first-order valence-electron chi connectivity index (χ1n) is 7.77. The Labute approximate surface area is 154 Å². The van der Waals surface area contributed by atoms with Gasteiger partial charge in [0.1, 0.15) is 6.04 Å². The fourth-order valence-corrected chi connectivity index (χ4v) is 2.54. The predicted octanol–water partition coefficient (Wildman–Crippen LogP) is 0.631. The summed E-state index contributed by atoms with van der Waals surface area (Å²) in [7, 11) is 0. The van der Waals surface area contributed by atoms with E-state index in [4.69, 9.17) is 16.2 Å². The molecule has 0 radical (unpaired) electrons. The molecule has 0 spiro atoms. The first-order chi connectivity index (χ1) is 12.5.